The van der Waals surface area contributed by atoms with Crippen molar-refractivity contribution in [3.63, 3.8) is 0 Å². The van der Waals surface area contributed by atoms with E-state index in [0.29, 0.717) is 0 Å². The molecule has 0 bridgehead atoms. The van der Waals surface area contributed by atoms with Crippen molar-refractivity contribution in [3.8, 4) is 0 Å². The lowest BCUT2D eigenvalue weighted by Crippen LogP contribution is -2.25. The molecule has 2 aromatic rings. The fraction of sp³-hybridized carbons (Fsp3) is 0.125. The predicted molar refractivity (Wildman–Crippen MR) is 91.9 cm³/mol. The van der Waals surface area contributed by atoms with Crippen molar-refractivity contribution in [2.75, 3.05) is 5.75 Å². The Morgan fingerprint density at radius 1 is 1.10 bits per heavy atom. The van der Waals surface area contributed by atoms with Crippen LogP contribution in [0.2, 0.25) is 5.02 Å². The highest BCUT2D eigenvalue weighted by Gasteiger charge is 2.12. The Bertz CT molecular complexity index is 690. The minimum atomic E-state index is 0.734. The predicted octanol–water partition coefficient (Wildman–Crippen LogP) is 4.38. The first-order valence-electron chi connectivity index (χ1n) is 6.57. The molecule has 21 heavy (non-hydrogen) atoms. The van der Waals surface area contributed by atoms with Gasteiger partial charge in [0, 0.05) is 10.8 Å². The summed E-state index contributed by atoms with van der Waals surface area (Å²) in [6, 6.07) is 15.8. The number of hydrogen-bond acceptors (Lipinski definition) is 3. The van der Waals surface area contributed by atoms with Gasteiger partial charge >= 0.3 is 0 Å². The number of aliphatic imine (C=N–C) groups is 1. The molecule has 1 aliphatic heterocycles. The molecule has 3 nitrogen and oxygen atoms in total. The minimum absolute atomic E-state index is 0.734. The van der Waals surface area contributed by atoms with E-state index < -0.39 is 0 Å². The third kappa shape index (κ3) is 3.65. The van der Waals surface area contributed by atoms with Crippen LogP contribution >= 0.6 is 23.4 Å². The van der Waals surface area contributed by atoms with Gasteiger partial charge in [0.2, 0.25) is 0 Å². The summed E-state index contributed by atoms with van der Waals surface area (Å²) in [4.78, 5) is 4.54. The second-order valence-electron chi connectivity index (χ2n) is 4.72. The monoisotopic (exact) mass is 315 g/mol. The van der Waals surface area contributed by atoms with E-state index in [1.807, 2.05) is 36.4 Å². The van der Waals surface area contributed by atoms with Gasteiger partial charge in [-0.2, -0.15) is 5.10 Å². The lowest BCUT2D eigenvalue weighted by atomic mass is 10.1. The van der Waals surface area contributed by atoms with Gasteiger partial charge in [-0.05, 0) is 36.8 Å². The second kappa shape index (κ2) is 6.33. The van der Waals surface area contributed by atoms with Crippen molar-refractivity contribution in [3.05, 3.63) is 64.7 Å². The van der Waals surface area contributed by atoms with Crippen LogP contribution in [0, 0.1) is 6.92 Å². The molecule has 0 radical (unpaired) electrons. The van der Waals surface area contributed by atoms with E-state index in [-0.39, 0.29) is 0 Å². The van der Waals surface area contributed by atoms with Crippen LogP contribution in [0.25, 0.3) is 0 Å². The first-order chi connectivity index (χ1) is 10.2. The molecule has 106 valence electrons. The molecule has 0 saturated heterocycles. The number of rotatable bonds is 2. The lowest BCUT2D eigenvalue weighted by molar-refractivity contribution is 1.03. The molecule has 3 rings (SSSR count). The highest BCUT2D eigenvalue weighted by molar-refractivity contribution is 8.14. The molecular formula is C16H14ClN3S. The van der Waals surface area contributed by atoms with E-state index in [9.17, 15) is 0 Å². The Balaban J connectivity index is 1.74. The Hall–Kier alpha value is -1.78. The fourth-order valence-electron chi connectivity index (χ4n) is 1.90. The van der Waals surface area contributed by atoms with Crippen molar-refractivity contribution >= 4 is 39.9 Å². The summed E-state index contributed by atoms with van der Waals surface area (Å²) in [6.07, 6.45) is 0. The highest BCUT2D eigenvalue weighted by Crippen LogP contribution is 2.19. The zero-order valence-corrected chi connectivity index (χ0v) is 13.1. The number of aryl methyl sites for hydroxylation is 1. The number of thioether (sulfide) groups is 1. The van der Waals surface area contributed by atoms with E-state index in [2.05, 4.69) is 34.6 Å². The van der Waals surface area contributed by atoms with Crippen LogP contribution in [-0.2, 0) is 0 Å². The van der Waals surface area contributed by atoms with E-state index >= 15 is 0 Å². The largest absolute Gasteiger partial charge is 0.255 e. The van der Waals surface area contributed by atoms with Crippen LogP contribution in [0.1, 0.15) is 11.1 Å². The average molecular weight is 316 g/mol. The second-order valence-corrected chi connectivity index (χ2v) is 6.12. The molecule has 0 unspecified atom stereocenters. The Kier molecular flexibility index (Phi) is 4.27. The summed E-state index contributed by atoms with van der Waals surface area (Å²) in [5, 5.41) is 5.95. The summed E-state index contributed by atoms with van der Waals surface area (Å²) in [5.74, 6) is 0.791. The standard InChI is InChI=1S/C16H14ClN3S/c1-11-2-8-14(9-3-11)18-16-20-19-15(10-21-16)12-4-6-13(17)7-5-12/h2-9H,10H2,1H3,(H,18,20). The number of nitrogens with zero attached hydrogens (tertiary/aromatic N) is 2. The molecule has 1 N–H and O–H groups in total. The van der Waals surface area contributed by atoms with Gasteiger partial charge in [0.15, 0.2) is 5.17 Å². The highest BCUT2D eigenvalue weighted by atomic mass is 35.5. The molecule has 1 aliphatic rings. The number of amidine groups is 1. The molecule has 0 fully saturated rings. The van der Waals surface area contributed by atoms with Crippen molar-refractivity contribution in [1.29, 1.82) is 0 Å². The minimum Gasteiger partial charge on any atom is -0.255 e. The van der Waals surface area contributed by atoms with Gasteiger partial charge in [0.25, 0.3) is 0 Å². The topological polar surface area (TPSA) is 36.8 Å². The van der Waals surface area contributed by atoms with E-state index in [1.165, 1.54) is 5.56 Å². The van der Waals surface area contributed by atoms with E-state index in [1.54, 1.807) is 11.8 Å². The van der Waals surface area contributed by atoms with Crippen molar-refractivity contribution < 1.29 is 0 Å². The molecule has 0 saturated carbocycles. The average Bonchev–Trinajstić information content (AvgIpc) is 2.51. The molecule has 2 aromatic carbocycles. The summed E-state index contributed by atoms with van der Waals surface area (Å²) in [6.45, 7) is 2.06. The summed E-state index contributed by atoms with van der Waals surface area (Å²) in [7, 11) is 0. The number of halogens is 1. The van der Waals surface area contributed by atoms with Crippen molar-refractivity contribution in [2.45, 2.75) is 6.92 Å². The van der Waals surface area contributed by atoms with Crippen molar-refractivity contribution in [2.24, 2.45) is 10.1 Å². The number of benzene rings is 2. The molecule has 0 atom stereocenters. The number of hydrazone groups is 1. The quantitative estimate of drug-likeness (QED) is 0.893. The summed E-state index contributed by atoms with van der Waals surface area (Å²) >= 11 is 7.54. The Morgan fingerprint density at radius 3 is 2.43 bits per heavy atom. The Labute approximate surface area is 133 Å². The molecular weight excluding hydrogens is 302 g/mol. The van der Waals surface area contributed by atoms with E-state index in [4.69, 9.17) is 11.6 Å². The normalized spacial score (nSPS) is 16.5. The first-order valence-corrected chi connectivity index (χ1v) is 7.94. The van der Waals surface area contributed by atoms with Gasteiger partial charge in [-0.15, -0.1) is 0 Å². The van der Waals surface area contributed by atoms with Gasteiger partial charge in [0.1, 0.15) is 0 Å². The Morgan fingerprint density at radius 2 is 1.81 bits per heavy atom. The fourth-order valence-corrected chi connectivity index (χ4v) is 2.81. The smallest absolute Gasteiger partial charge is 0.182 e. The molecule has 0 amide bonds. The lowest BCUT2D eigenvalue weighted by Gasteiger charge is -2.14. The first kappa shape index (κ1) is 14.2. The summed E-state index contributed by atoms with van der Waals surface area (Å²) in [5.41, 5.74) is 7.25. The van der Waals surface area contributed by atoms with Gasteiger partial charge in [-0.3, -0.25) is 5.43 Å². The van der Waals surface area contributed by atoms with Crippen LogP contribution in [0.3, 0.4) is 0 Å². The zero-order chi connectivity index (χ0) is 14.7. The van der Waals surface area contributed by atoms with Crippen LogP contribution < -0.4 is 5.43 Å². The molecule has 5 heteroatoms. The van der Waals surface area contributed by atoms with Crippen LogP contribution in [-0.4, -0.2) is 16.6 Å². The van der Waals surface area contributed by atoms with Crippen LogP contribution in [0.4, 0.5) is 5.69 Å². The van der Waals surface area contributed by atoms with Crippen LogP contribution in [0.15, 0.2) is 58.6 Å². The molecule has 1 heterocycles. The van der Waals surface area contributed by atoms with Gasteiger partial charge < -0.3 is 0 Å². The maximum atomic E-state index is 5.90. The zero-order valence-electron chi connectivity index (χ0n) is 11.5. The third-order valence-corrected chi connectivity index (χ3v) is 4.20. The SMILES string of the molecule is Cc1ccc(N=C2NN=C(c3ccc(Cl)cc3)CS2)cc1. The van der Waals surface area contributed by atoms with Gasteiger partial charge in [-0.1, -0.05) is 53.2 Å². The maximum absolute atomic E-state index is 5.90. The molecule has 0 aliphatic carbocycles. The van der Waals surface area contributed by atoms with Gasteiger partial charge in [-0.25, -0.2) is 4.99 Å². The van der Waals surface area contributed by atoms with Crippen LogP contribution in [0.5, 0.6) is 0 Å². The van der Waals surface area contributed by atoms with E-state index in [0.717, 1.165) is 32.9 Å². The molecule has 0 aromatic heterocycles. The number of nitrogens with one attached hydrogen (secondary N) is 1. The van der Waals surface area contributed by atoms with Crippen molar-refractivity contribution in [1.82, 2.24) is 5.43 Å². The number of hydrogen-bond donors (Lipinski definition) is 1. The molecule has 0 spiro atoms. The summed E-state index contributed by atoms with van der Waals surface area (Å²) < 4.78 is 0. The van der Waals surface area contributed by atoms with Gasteiger partial charge in [0.05, 0.1) is 11.4 Å². The maximum Gasteiger partial charge on any atom is 0.182 e. The third-order valence-electron chi connectivity index (χ3n) is 3.07.